The van der Waals surface area contributed by atoms with Crippen molar-refractivity contribution in [3.8, 4) is 0 Å². The third-order valence-electron chi connectivity index (χ3n) is 2.84. The summed E-state index contributed by atoms with van der Waals surface area (Å²) >= 11 is 6.58. The number of nitrogens with zero attached hydrogens (tertiary/aromatic N) is 1. The van der Waals surface area contributed by atoms with Crippen molar-refractivity contribution in [1.82, 2.24) is 4.57 Å². The molecule has 0 aliphatic heterocycles. The summed E-state index contributed by atoms with van der Waals surface area (Å²) in [6, 6.07) is 5.98. The maximum atomic E-state index is 12.4. The first-order chi connectivity index (χ1) is 9.70. The molecule has 0 fully saturated rings. The number of hydrogen-bond acceptors (Lipinski definition) is 3. The molecule has 0 amide bonds. The molecule has 0 unspecified atom stereocenters. The summed E-state index contributed by atoms with van der Waals surface area (Å²) in [6.07, 6.45) is 1.43. The van der Waals surface area contributed by atoms with Crippen molar-refractivity contribution in [2.45, 2.75) is 11.8 Å². The lowest BCUT2D eigenvalue weighted by molar-refractivity contribution is 0.600. The monoisotopic (exact) mass is 434 g/mol. The highest BCUT2D eigenvalue weighted by Gasteiger charge is 2.19. The summed E-state index contributed by atoms with van der Waals surface area (Å²) in [5, 5.41) is 0. The van der Waals surface area contributed by atoms with E-state index in [0.717, 1.165) is 5.56 Å². The van der Waals surface area contributed by atoms with E-state index in [9.17, 15) is 13.2 Å². The predicted molar refractivity (Wildman–Crippen MR) is 89.1 cm³/mol. The van der Waals surface area contributed by atoms with Gasteiger partial charge in [0.1, 0.15) is 4.90 Å². The molecule has 0 saturated carbocycles. The zero-order chi connectivity index (χ0) is 15.8. The smallest absolute Gasteiger partial charge is 0.263 e. The molecule has 0 aliphatic carbocycles. The number of hydrogen-bond donors (Lipinski definition) is 1. The van der Waals surface area contributed by atoms with Crippen LogP contribution in [0.5, 0.6) is 0 Å². The SMILES string of the molecule is Cc1cc(Br)c(S(=O)(=O)Nc2ccc(=O)n(C)c2)cc1Br. The molecule has 1 aromatic heterocycles. The van der Waals surface area contributed by atoms with E-state index in [2.05, 4.69) is 36.6 Å². The normalized spacial score (nSPS) is 11.4. The summed E-state index contributed by atoms with van der Waals surface area (Å²) in [6.45, 7) is 1.87. The fraction of sp³-hybridized carbons (Fsp3) is 0.154. The van der Waals surface area contributed by atoms with Gasteiger partial charge in [-0.05, 0) is 46.6 Å². The fourth-order valence-electron chi connectivity index (χ4n) is 1.70. The molecule has 112 valence electrons. The van der Waals surface area contributed by atoms with Gasteiger partial charge in [0, 0.05) is 28.3 Å². The second kappa shape index (κ2) is 5.94. The molecule has 0 saturated heterocycles. The molecule has 21 heavy (non-hydrogen) atoms. The lowest BCUT2D eigenvalue weighted by Gasteiger charge is -2.11. The van der Waals surface area contributed by atoms with Gasteiger partial charge in [0.15, 0.2) is 0 Å². The van der Waals surface area contributed by atoms with Crippen LogP contribution in [0.15, 0.2) is 49.1 Å². The Morgan fingerprint density at radius 1 is 1.14 bits per heavy atom. The van der Waals surface area contributed by atoms with Gasteiger partial charge in [0.05, 0.1) is 5.69 Å². The maximum Gasteiger partial charge on any atom is 0.263 e. The molecule has 0 bridgehead atoms. The topological polar surface area (TPSA) is 68.2 Å². The number of nitrogens with one attached hydrogen (secondary N) is 1. The van der Waals surface area contributed by atoms with E-state index in [4.69, 9.17) is 0 Å². The first kappa shape index (κ1) is 16.3. The van der Waals surface area contributed by atoms with Crippen LogP contribution in [-0.4, -0.2) is 13.0 Å². The standard InChI is InChI=1S/C13H12Br2N2O3S/c1-8-5-11(15)12(6-10(8)14)21(19,20)16-9-3-4-13(18)17(2)7-9/h3-7,16H,1-2H3. The summed E-state index contributed by atoms with van der Waals surface area (Å²) in [5.41, 5.74) is 1.03. The van der Waals surface area contributed by atoms with Crippen molar-refractivity contribution in [3.63, 3.8) is 0 Å². The van der Waals surface area contributed by atoms with Gasteiger partial charge < -0.3 is 4.57 Å². The molecule has 0 spiro atoms. The number of anilines is 1. The molecule has 1 N–H and O–H groups in total. The lowest BCUT2D eigenvalue weighted by atomic mass is 10.2. The van der Waals surface area contributed by atoms with Crippen LogP contribution >= 0.6 is 31.9 Å². The van der Waals surface area contributed by atoms with E-state index >= 15 is 0 Å². The van der Waals surface area contributed by atoms with Crippen LogP contribution in [0.4, 0.5) is 5.69 Å². The van der Waals surface area contributed by atoms with E-state index in [1.807, 2.05) is 6.92 Å². The number of sulfonamides is 1. The Labute approximate surface area is 139 Å². The minimum absolute atomic E-state index is 0.119. The van der Waals surface area contributed by atoms with Crippen LogP contribution in [0, 0.1) is 6.92 Å². The zero-order valence-corrected chi connectivity index (χ0v) is 15.2. The largest absolute Gasteiger partial charge is 0.316 e. The Hall–Kier alpha value is -1.12. The van der Waals surface area contributed by atoms with Gasteiger partial charge in [0.2, 0.25) is 5.56 Å². The lowest BCUT2D eigenvalue weighted by Crippen LogP contribution is -2.18. The summed E-state index contributed by atoms with van der Waals surface area (Å²) in [5.74, 6) is 0. The van der Waals surface area contributed by atoms with Gasteiger partial charge >= 0.3 is 0 Å². The van der Waals surface area contributed by atoms with Crippen LogP contribution < -0.4 is 10.3 Å². The van der Waals surface area contributed by atoms with Crippen LogP contribution in [0.3, 0.4) is 0 Å². The number of benzene rings is 1. The van der Waals surface area contributed by atoms with E-state index in [0.29, 0.717) is 14.6 Å². The molecule has 5 nitrogen and oxygen atoms in total. The summed E-state index contributed by atoms with van der Waals surface area (Å²) in [4.78, 5) is 11.4. The fourth-order valence-corrected chi connectivity index (χ4v) is 4.42. The quantitative estimate of drug-likeness (QED) is 0.805. The van der Waals surface area contributed by atoms with Gasteiger partial charge in [-0.2, -0.15) is 0 Å². The highest BCUT2D eigenvalue weighted by molar-refractivity contribution is 9.11. The molecule has 2 aromatic rings. The third-order valence-corrected chi connectivity index (χ3v) is 6.03. The molecule has 1 aromatic carbocycles. The van der Waals surface area contributed by atoms with Crippen molar-refractivity contribution in [2.75, 3.05) is 4.72 Å². The van der Waals surface area contributed by atoms with Gasteiger partial charge in [-0.25, -0.2) is 8.42 Å². The minimum Gasteiger partial charge on any atom is -0.316 e. The van der Waals surface area contributed by atoms with Crippen LogP contribution in [0.1, 0.15) is 5.56 Å². The Morgan fingerprint density at radius 2 is 1.81 bits per heavy atom. The highest BCUT2D eigenvalue weighted by Crippen LogP contribution is 2.29. The number of pyridine rings is 1. The van der Waals surface area contributed by atoms with Gasteiger partial charge in [-0.1, -0.05) is 15.9 Å². The van der Waals surface area contributed by atoms with Crippen molar-refractivity contribution in [2.24, 2.45) is 7.05 Å². The molecule has 0 atom stereocenters. The zero-order valence-electron chi connectivity index (χ0n) is 11.2. The van der Waals surface area contributed by atoms with E-state index in [-0.39, 0.29) is 10.5 Å². The molecule has 0 aliphatic rings. The summed E-state index contributed by atoms with van der Waals surface area (Å²) < 4.78 is 29.8. The highest BCUT2D eigenvalue weighted by atomic mass is 79.9. The first-order valence-corrected chi connectivity index (χ1v) is 8.93. The first-order valence-electron chi connectivity index (χ1n) is 5.86. The Bertz CT molecular complexity index is 860. The van der Waals surface area contributed by atoms with Crippen LogP contribution in [0.25, 0.3) is 0 Å². The average molecular weight is 436 g/mol. The molecule has 0 radical (unpaired) electrons. The number of aryl methyl sites for hydroxylation is 2. The Kier molecular flexibility index (Phi) is 4.60. The van der Waals surface area contributed by atoms with Crippen molar-refractivity contribution in [3.05, 3.63) is 55.3 Å². The minimum atomic E-state index is -3.76. The Morgan fingerprint density at radius 3 is 2.43 bits per heavy atom. The second-order valence-corrected chi connectivity index (χ2v) is 7.86. The number of rotatable bonds is 3. The van der Waals surface area contributed by atoms with Crippen molar-refractivity contribution in [1.29, 1.82) is 0 Å². The van der Waals surface area contributed by atoms with Crippen molar-refractivity contribution >= 4 is 47.6 Å². The van der Waals surface area contributed by atoms with Gasteiger partial charge in [-0.3, -0.25) is 9.52 Å². The Balaban J connectivity index is 2.45. The third kappa shape index (κ3) is 3.56. The summed E-state index contributed by atoms with van der Waals surface area (Å²) in [7, 11) is -2.20. The van der Waals surface area contributed by atoms with E-state index < -0.39 is 10.0 Å². The number of aromatic nitrogens is 1. The van der Waals surface area contributed by atoms with Crippen molar-refractivity contribution < 1.29 is 8.42 Å². The van der Waals surface area contributed by atoms with E-state index in [1.54, 1.807) is 13.1 Å². The van der Waals surface area contributed by atoms with Crippen LogP contribution in [-0.2, 0) is 17.1 Å². The molecule has 8 heteroatoms. The second-order valence-electron chi connectivity index (χ2n) is 4.50. The van der Waals surface area contributed by atoms with Gasteiger partial charge in [0.25, 0.3) is 10.0 Å². The van der Waals surface area contributed by atoms with E-state index in [1.165, 1.54) is 29.0 Å². The molecule has 1 heterocycles. The molecule has 2 rings (SSSR count). The molecular formula is C13H12Br2N2O3S. The maximum absolute atomic E-state index is 12.4. The van der Waals surface area contributed by atoms with Crippen LogP contribution in [0.2, 0.25) is 0 Å². The average Bonchev–Trinajstić information content (AvgIpc) is 2.37. The molecular weight excluding hydrogens is 424 g/mol. The van der Waals surface area contributed by atoms with Gasteiger partial charge in [-0.15, -0.1) is 0 Å². The predicted octanol–water partition coefficient (Wildman–Crippen LogP) is 3.02. The number of halogens is 2.